The fourth-order valence-corrected chi connectivity index (χ4v) is 3.00. The van der Waals surface area contributed by atoms with Gasteiger partial charge in [0.15, 0.2) is 0 Å². The first kappa shape index (κ1) is 22.0. The van der Waals surface area contributed by atoms with Gasteiger partial charge in [0, 0.05) is 13.2 Å². The number of alkyl carbamates (subject to hydrolysis) is 2. The van der Waals surface area contributed by atoms with Crippen molar-refractivity contribution in [3.8, 4) is 0 Å². The van der Waals surface area contributed by atoms with E-state index in [2.05, 4.69) is 10.6 Å². The van der Waals surface area contributed by atoms with Gasteiger partial charge >= 0.3 is 12.2 Å². The van der Waals surface area contributed by atoms with Gasteiger partial charge in [-0.1, -0.05) is 30.3 Å². The molecule has 1 fully saturated rings. The summed E-state index contributed by atoms with van der Waals surface area (Å²) in [6.45, 7) is 5.69. The summed E-state index contributed by atoms with van der Waals surface area (Å²) in [5.74, 6) is 0. The fraction of sp³-hybridized carbons (Fsp3) is 0.600. The molecule has 0 saturated heterocycles. The van der Waals surface area contributed by atoms with Crippen molar-refractivity contribution in [2.45, 2.75) is 64.0 Å². The molecule has 1 aromatic carbocycles. The fourth-order valence-electron chi connectivity index (χ4n) is 3.00. The van der Waals surface area contributed by atoms with Crippen LogP contribution in [0.2, 0.25) is 0 Å². The van der Waals surface area contributed by atoms with Crippen LogP contribution in [0.4, 0.5) is 9.59 Å². The number of rotatable bonds is 7. The Kier molecular flexibility index (Phi) is 8.07. The van der Waals surface area contributed by atoms with Crippen molar-refractivity contribution in [2.75, 3.05) is 13.9 Å². The molecule has 1 aliphatic rings. The summed E-state index contributed by atoms with van der Waals surface area (Å²) in [6.07, 6.45) is -0.279. The Balaban J connectivity index is 1.85. The molecular weight excluding hydrogens is 364 g/mol. The summed E-state index contributed by atoms with van der Waals surface area (Å²) >= 11 is 0. The molecule has 0 spiro atoms. The predicted octanol–water partition coefficient (Wildman–Crippen LogP) is 2.96. The van der Waals surface area contributed by atoms with E-state index in [0.29, 0.717) is 12.8 Å². The summed E-state index contributed by atoms with van der Waals surface area (Å²) < 4.78 is 21.2. The van der Waals surface area contributed by atoms with Crippen LogP contribution in [-0.4, -0.2) is 49.9 Å². The number of carbonyl (C=O) groups is 2. The maximum absolute atomic E-state index is 12.1. The molecule has 0 unspecified atom stereocenters. The van der Waals surface area contributed by atoms with Crippen molar-refractivity contribution in [3.05, 3.63) is 35.9 Å². The lowest BCUT2D eigenvalue weighted by atomic mass is 10.2. The highest BCUT2D eigenvalue weighted by Gasteiger charge is 2.38. The minimum Gasteiger partial charge on any atom is -0.445 e. The van der Waals surface area contributed by atoms with E-state index in [-0.39, 0.29) is 31.6 Å². The lowest BCUT2D eigenvalue weighted by molar-refractivity contribution is -0.0773. The van der Waals surface area contributed by atoms with Gasteiger partial charge in [0.1, 0.15) is 19.0 Å². The van der Waals surface area contributed by atoms with Gasteiger partial charge in [-0.25, -0.2) is 9.59 Å². The Morgan fingerprint density at radius 2 is 1.79 bits per heavy atom. The molecule has 2 amide bonds. The van der Waals surface area contributed by atoms with E-state index in [9.17, 15) is 9.59 Å². The molecule has 3 atom stereocenters. The highest BCUT2D eigenvalue weighted by Crippen LogP contribution is 2.24. The second-order valence-corrected chi connectivity index (χ2v) is 7.74. The molecule has 1 aromatic rings. The van der Waals surface area contributed by atoms with Crippen LogP contribution < -0.4 is 10.6 Å². The molecule has 0 radical (unpaired) electrons. The zero-order valence-corrected chi connectivity index (χ0v) is 16.9. The molecule has 0 heterocycles. The molecule has 0 aromatic heterocycles. The first-order chi connectivity index (χ1) is 13.3. The van der Waals surface area contributed by atoms with E-state index >= 15 is 0 Å². The Morgan fingerprint density at radius 1 is 1.07 bits per heavy atom. The minimum absolute atomic E-state index is 0.0995. The Labute approximate surface area is 165 Å². The van der Waals surface area contributed by atoms with Gasteiger partial charge in [0.05, 0.1) is 12.1 Å². The third kappa shape index (κ3) is 7.74. The summed E-state index contributed by atoms with van der Waals surface area (Å²) in [7, 11) is 1.53. The molecular formula is C20H30N2O6. The number of amides is 2. The molecule has 2 rings (SSSR count). The van der Waals surface area contributed by atoms with Crippen LogP contribution in [0.5, 0.6) is 0 Å². The summed E-state index contributed by atoms with van der Waals surface area (Å²) in [5.41, 5.74) is 0.319. The predicted molar refractivity (Wildman–Crippen MR) is 103 cm³/mol. The van der Waals surface area contributed by atoms with Crippen LogP contribution in [0.1, 0.15) is 39.2 Å². The molecule has 2 N–H and O–H groups in total. The van der Waals surface area contributed by atoms with Gasteiger partial charge in [-0.15, -0.1) is 0 Å². The van der Waals surface area contributed by atoms with Crippen molar-refractivity contribution in [2.24, 2.45) is 0 Å². The zero-order valence-electron chi connectivity index (χ0n) is 16.9. The van der Waals surface area contributed by atoms with Crippen molar-refractivity contribution in [1.29, 1.82) is 0 Å². The average molecular weight is 394 g/mol. The van der Waals surface area contributed by atoms with Crippen LogP contribution in [0.15, 0.2) is 30.3 Å². The monoisotopic (exact) mass is 394 g/mol. The standard InChI is InChI=1S/C20H30N2O6/c1-20(2,3)28-19(24)22-16-10-15(11-17(16)27-13-25-4)21-18(23)26-12-14-8-6-5-7-9-14/h5-9,15-17H,10-13H2,1-4H3,(H,21,23)(H,22,24)/t15-,16+,17-/m0/s1. The smallest absolute Gasteiger partial charge is 0.407 e. The summed E-state index contributed by atoms with van der Waals surface area (Å²) in [4.78, 5) is 24.2. The van der Waals surface area contributed by atoms with Gasteiger partial charge in [-0.05, 0) is 39.2 Å². The first-order valence-corrected chi connectivity index (χ1v) is 9.34. The number of ether oxygens (including phenoxy) is 4. The Hall–Kier alpha value is -2.32. The third-order valence-corrected chi connectivity index (χ3v) is 4.14. The zero-order chi connectivity index (χ0) is 20.6. The largest absolute Gasteiger partial charge is 0.445 e. The Bertz CT molecular complexity index is 631. The van der Waals surface area contributed by atoms with Gasteiger partial charge < -0.3 is 29.6 Å². The van der Waals surface area contributed by atoms with Gasteiger partial charge in [0.2, 0.25) is 0 Å². The van der Waals surface area contributed by atoms with Gasteiger partial charge in [-0.3, -0.25) is 0 Å². The normalized spacial score (nSPS) is 21.8. The molecule has 1 saturated carbocycles. The van der Waals surface area contributed by atoms with E-state index in [4.69, 9.17) is 18.9 Å². The molecule has 8 nitrogen and oxygen atoms in total. The van der Waals surface area contributed by atoms with Crippen molar-refractivity contribution in [3.63, 3.8) is 0 Å². The number of hydrogen-bond donors (Lipinski definition) is 2. The maximum atomic E-state index is 12.1. The van der Waals surface area contributed by atoms with E-state index in [0.717, 1.165) is 5.56 Å². The van der Waals surface area contributed by atoms with Crippen molar-refractivity contribution >= 4 is 12.2 Å². The number of nitrogens with one attached hydrogen (secondary N) is 2. The summed E-state index contributed by atoms with van der Waals surface area (Å²) in [5, 5.41) is 5.65. The lowest BCUT2D eigenvalue weighted by Gasteiger charge is -2.24. The van der Waals surface area contributed by atoms with Gasteiger partial charge in [-0.2, -0.15) is 0 Å². The maximum Gasteiger partial charge on any atom is 0.407 e. The van der Waals surface area contributed by atoms with Crippen LogP contribution in [0.25, 0.3) is 0 Å². The Morgan fingerprint density at radius 3 is 2.43 bits per heavy atom. The van der Waals surface area contributed by atoms with E-state index in [1.807, 2.05) is 30.3 Å². The second-order valence-electron chi connectivity index (χ2n) is 7.74. The summed E-state index contributed by atoms with van der Waals surface area (Å²) in [6, 6.07) is 8.96. The molecule has 1 aliphatic carbocycles. The topological polar surface area (TPSA) is 95.1 Å². The highest BCUT2D eigenvalue weighted by molar-refractivity contribution is 5.69. The SMILES string of the molecule is COCO[C@H]1C[C@@H](NC(=O)OCc2ccccc2)C[C@H]1NC(=O)OC(C)(C)C. The van der Waals surface area contributed by atoms with Gasteiger partial charge in [0.25, 0.3) is 0 Å². The van der Waals surface area contributed by atoms with Crippen LogP contribution in [0, 0.1) is 0 Å². The molecule has 0 aliphatic heterocycles. The number of carbonyl (C=O) groups excluding carboxylic acids is 2. The van der Waals surface area contributed by atoms with Crippen LogP contribution in [0.3, 0.4) is 0 Å². The second kappa shape index (κ2) is 10.3. The first-order valence-electron chi connectivity index (χ1n) is 9.34. The number of benzene rings is 1. The van der Waals surface area contributed by atoms with E-state index in [1.165, 1.54) is 7.11 Å². The lowest BCUT2D eigenvalue weighted by Crippen LogP contribution is -2.44. The van der Waals surface area contributed by atoms with Crippen molar-refractivity contribution < 1.29 is 28.5 Å². The molecule has 0 bridgehead atoms. The van der Waals surface area contributed by atoms with Crippen LogP contribution >= 0.6 is 0 Å². The quantitative estimate of drug-likeness (QED) is 0.691. The van der Waals surface area contributed by atoms with E-state index in [1.54, 1.807) is 20.8 Å². The molecule has 8 heteroatoms. The third-order valence-electron chi connectivity index (χ3n) is 4.14. The number of methoxy groups -OCH3 is 1. The van der Waals surface area contributed by atoms with Crippen molar-refractivity contribution in [1.82, 2.24) is 10.6 Å². The average Bonchev–Trinajstić information content (AvgIpc) is 2.98. The highest BCUT2D eigenvalue weighted by atomic mass is 16.7. The van der Waals surface area contributed by atoms with Crippen LogP contribution in [-0.2, 0) is 25.6 Å². The molecule has 156 valence electrons. The molecule has 28 heavy (non-hydrogen) atoms. The number of hydrogen-bond acceptors (Lipinski definition) is 6. The van der Waals surface area contributed by atoms with E-state index < -0.39 is 17.8 Å². The minimum atomic E-state index is -0.593.